The van der Waals surface area contributed by atoms with Crippen molar-refractivity contribution in [3.63, 3.8) is 0 Å². The lowest BCUT2D eigenvalue weighted by Crippen LogP contribution is -2.54. The third-order valence-corrected chi connectivity index (χ3v) is 5.56. The summed E-state index contributed by atoms with van der Waals surface area (Å²) in [7, 11) is -3.85. The van der Waals surface area contributed by atoms with E-state index in [4.69, 9.17) is 4.74 Å². The number of carbonyl (C=O) groups excluding carboxylic acids is 2. The summed E-state index contributed by atoms with van der Waals surface area (Å²) in [6, 6.07) is 4.73. The summed E-state index contributed by atoms with van der Waals surface area (Å²) < 4.78 is 32.9. The second-order valence-electron chi connectivity index (χ2n) is 6.42. The minimum Gasteiger partial charge on any atom is -0.372 e. The summed E-state index contributed by atoms with van der Waals surface area (Å²) in [5, 5.41) is 0. The van der Waals surface area contributed by atoms with Crippen molar-refractivity contribution in [2.24, 2.45) is 0 Å². The van der Waals surface area contributed by atoms with Crippen molar-refractivity contribution in [2.45, 2.75) is 50.8 Å². The summed E-state index contributed by atoms with van der Waals surface area (Å²) in [5.74, 6) is -0.429. The number of morpholine rings is 1. The Labute approximate surface area is 148 Å². The third kappa shape index (κ3) is 4.87. The minimum atomic E-state index is -3.85. The van der Waals surface area contributed by atoms with Crippen molar-refractivity contribution < 1.29 is 22.7 Å². The van der Waals surface area contributed by atoms with Gasteiger partial charge in [-0.2, -0.15) is 4.72 Å². The number of ether oxygens (including phenoxy) is 1. The summed E-state index contributed by atoms with van der Waals surface area (Å²) >= 11 is 0. The van der Waals surface area contributed by atoms with Crippen LogP contribution in [-0.2, 0) is 19.6 Å². The van der Waals surface area contributed by atoms with Gasteiger partial charge in [-0.15, -0.1) is 0 Å². The Balaban J connectivity index is 2.08. The van der Waals surface area contributed by atoms with E-state index in [0.717, 1.165) is 0 Å². The highest BCUT2D eigenvalue weighted by molar-refractivity contribution is 7.89. The molecular formula is C17H24N2O5S. The minimum absolute atomic E-state index is 0.0147. The van der Waals surface area contributed by atoms with Crippen LogP contribution in [0.4, 0.5) is 0 Å². The molecule has 1 amide bonds. The van der Waals surface area contributed by atoms with Gasteiger partial charge in [0.15, 0.2) is 5.78 Å². The van der Waals surface area contributed by atoms with Crippen LogP contribution in [0.2, 0.25) is 0 Å². The van der Waals surface area contributed by atoms with Crippen molar-refractivity contribution in [2.75, 3.05) is 13.1 Å². The molecule has 1 fully saturated rings. The van der Waals surface area contributed by atoms with Crippen LogP contribution in [0.5, 0.6) is 0 Å². The molecule has 0 unspecified atom stereocenters. The zero-order valence-electron chi connectivity index (χ0n) is 14.9. The molecular weight excluding hydrogens is 344 g/mol. The molecule has 1 aliphatic heterocycles. The third-order valence-electron chi connectivity index (χ3n) is 4.00. The number of carbonyl (C=O) groups is 2. The van der Waals surface area contributed by atoms with Crippen LogP contribution >= 0.6 is 0 Å². The van der Waals surface area contributed by atoms with E-state index < -0.39 is 16.1 Å². The van der Waals surface area contributed by atoms with Crippen LogP contribution in [0.3, 0.4) is 0 Å². The molecule has 1 N–H and O–H groups in total. The first kappa shape index (κ1) is 19.6. The standard InChI is InChI=1S/C17H24N2O5S/c1-11-9-19(10-12(2)24-11)17(21)13(3)18-25(22,23)16-7-5-15(6-8-16)14(4)20/h5-8,11-13,18H,9-10H2,1-4H3/t11-,12+,13-/m0/s1. The molecule has 3 atom stereocenters. The average Bonchev–Trinajstić information content (AvgIpc) is 2.52. The lowest BCUT2D eigenvalue weighted by molar-refractivity contribution is -0.144. The van der Waals surface area contributed by atoms with E-state index in [-0.39, 0.29) is 28.8 Å². The Bertz CT molecular complexity index is 735. The van der Waals surface area contributed by atoms with Gasteiger partial charge in [-0.3, -0.25) is 9.59 Å². The largest absolute Gasteiger partial charge is 0.372 e. The predicted molar refractivity (Wildman–Crippen MR) is 92.8 cm³/mol. The van der Waals surface area contributed by atoms with Crippen molar-refractivity contribution >= 4 is 21.7 Å². The quantitative estimate of drug-likeness (QED) is 0.788. The number of hydrogen-bond acceptors (Lipinski definition) is 5. The second-order valence-corrected chi connectivity index (χ2v) is 8.14. The van der Waals surface area contributed by atoms with E-state index in [2.05, 4.69) is 4.72 Å². The van der Waals surface area contributed by atoms with E-state index in [1.165, 1.54) is 38.1 Å². The first-order valence-corrected chi connectivity index (χ1v) is 9.66. The normalized spacial score (nSPS) is 22.5. The number of rotatable bonds is 5. The highest BCUT2D eigenvalue weighted by Crippen LogP contribution is 2.14. The maximum absolute atomic E-state index is 12.5. The number of hydrogen-bond donors (Lipinski definition) is 1. The Hall–Kier alpha value is -1.77. The number of Topliss-reactive ketones (excluding diaryl/α,β-unsaturated/α-hetero) is 1. The van der Waals surface area contributed by atoms with Gasteiger partial charge in [0.2, 0.25) is 15.9 Å². The molecule has 0 aromatic heterocycles. The van der Waals surface area contributed by atoms with Gasteiger partial charge in [0.05, 0.1) is 23.1 Å². The SMILES string of the molecule is CC(=O)c1ccc(S(=O)(=O)N[C@@H](C)C(=O)N2C[C@@H](C)O[C@@H](C)C2)cc1. The van der Waals surface area contributed by atoms with Crippen LogP contribution in [0.25, 0.3) is 0 Å². The van der Waals surface area contributed by atoms with Gasteiger partial charge in [-0.25, -0.2) is 8.42 Å². The molecule has 1 saturated heterocycles. The lowest BCUT2D eigenvalue weighted by atomic mass is 10.2. The van der Waals surface area contributed by atoms with Gasteiger partial charge in [0.25, 0.3) is 0 Å². The molecule has 1 aromatic rings. The van der Waals surface area contributed by atoms with E-state index in [9.17, 15) is 18.0 Å². The Morgan fingerprint density at radius 3 is 2.16 bits per heavy atom. The van der Waals surface area contributed by atoms with Gasteiger partial charge in [-0.1, -0.05) is 12.1 Å². The molecule has 0 radical (unpaired) electrons. The first-order chi connectivity index (χ1) is 11.6. The molecule has 25 heavy (non-hydrogen) atoms. The van der Waals surface area contributed by atoms with Gasteiger partial charge in [0, 0.05) is 18.7 Å². The number of nitrogens with zero attached hydrogens (tertiary/aromatic N) is 1. The van der Waals surface area contributed by atoms with Gasteiger partial charge < -0.3 is 9.64 Å². The van der Waals surface area contributed by atoms with Crippen LogP contribution in [-0.4, -0.2) is 56.3 Å². The fourth-order valence-electron chi connectivity index (χ4n) is 2.85. The average molecular weight is 368 g/mol. The Morgan fingerprint density at radius 1 is 1.16 bits per heavy atom. The van der Waals surface area contributed by atoms with Crippen molar-refractivity contribution in [3.05, 3.63) is 29.8 Å². The zero-order valence-corrected chi connectivity index (χ0v) is 15.7. The monoisotopic (exact) mass is 368 g/mol. The lowest BCUT2D eigenvalue weighted by Gasteiger charge is -2.36. The van der Waals surface area contributed by atoms with Crippen molar-refractivity contribution in [1.29, 1.82) is 0 Å². The maximum Gasteiger partial charge on any atom is 0.241 e. The smallest absolute Gasteiger partial charge is 0.241 e. The Kier molecular flexibility index (Phi) is 5.97. The topological polar surface area (TPSA) is 92.8 Å². The van der Waals surface area contributed by atoms with Crippen molar-refractivity contribution in [3.8, 4) is 0 Å². The Morgan fingerprint density at radius 2 is 1.68 bits per heavy atom. The molecule has 1 aliphatic rings. The second kappa shape index (κ2) is 7.63. The summed E-state index contributed by atoms with van der Waals surface area (Å²) in [5.41, 5.74) is 0.430. The van der Waals surface area contributed by atoms with Crippen LogP contribution in [0.15, 0.2) is 29.2 Å². The molecule has 138 valence electrons. The molecule has 8 heteroatoms. The predicted octanol–water partition coefficient (Wildman–Crippen LogP) is 1.19. The van der Waals surface area contributed by atoms with Gasteiger partial charge in [-0.05, 0) is 39.8 Å². The summed E-state index contributed by atoms with van der Waals surface area (Å²) in [6.07, 6.45) is -0.175. The first-order valence-electron chi connectivity index (χ1n) is 8.17. The van der Waals surface area contributed by atoms with E-state index in [1.807, 2.05) is 13.8 Å². The highest BCUT2D eigenvalue weighted by atomic mass is 32.2. The van der Waals surface area contributed by atoms with Gasteiger partial charge >= 0.3 is 0 Å². The van der Waals surface area contributed by atoms with Crippen molar-refractivity contribution in [1.82, 2.24) is 9.62 Å². The number of sulfonamides is 1. The highest BCUT2D eigenvalue weighted by Gasteiger charge is 2.30. The number of ketones is 1. The summed E-state index contributed by atoms with van der Waals surface area (Å²) in [4.78, 5) is 25.4. The van der Waals surface area contributed by atoms with Crippen LogP contribution < -0.4 is 4.72 Å². The van der Waals surface area contributed by atoms with Gasteiger partial charge in [0.1, 0.15) is 0 Å². The molecule has 1 aromatic carbocycles. The zero-order chi connectivity index (χ0) is 18.8. The fraction of sp³-hybridized carbons (Fsp3) is 0.529. The van der Waals surface area contributed by atoms with Crippen LogP contribution in [0.1, 0.15) is 38.1 Å². The van der Waals surface area contributed by atoms with E-state index in [0.29, 0.717) is 18.7 Å². The number of amides is 1. The molecule has 0 bridgehead atoms. The van der Waals surface area contributed by atoms with E-state index in [1.54, 1.807) is 4.90 Å². The fourth-order valence-corrected chi connectivity index (χ4v) is 4.05. The number of benzene rings is 1. The molecule has 0 saturated carbocycles. The van der Waals surface area contributed by atoms with E-state index >= 15 is 0 Å². The van der Waals surface area contributed by atoms with Crippen LogP contribution in [0, 0.1) is 0 Å². The number of nitrogens with one attached hydrogen (secondary N) is 1. The maximum atomic E-state index is 12.5. The molecule has 7 nitrogen and oxygen atoms in total. The molecule has 0 spiro atoms. The summed E-state index contributed by atoms with van der Waals surface area (Å²) in [6.45, 7) is 7.55. The molecule has 0 aliphatic carbocycles. The molecule has 2 rings (SSSR count). The molecule has 1 heterocycles.